The Hall–Kier alpha value is -2.22. The zero-order chi connectivity index (χ0) is 19.6. The SMILES string of the molecule is C/C(=C/C=C\C=C\Cc1cnco1)[C@@H](O)C(C)(C)C(=O)NCC(O)CO. The summed E-state index contributed by atoms with van der Waals surface area (Å²) in [5.74, 6) is 0.372. The van der Waals surface area contributed by atoms with Gasteiger partial charge in [-0.25, -0.2) is 4.98 Å². The van der Waals surface area contributed by atoms with Crippen LogP contribution in [0.3, 0.4) is 0 Å². The Morgan fingerprint density at radius 2 is 2.08 bits per heavy atom. The summed E-state index contributed by atoms with van der Waals surface area (Å²) in [6.07, 6.45) is 10.8. The molecule has 1 aromatic heterocycles. The minimum atomic E-state index is -1.08. The van der Waals surface area contributed by atoms with Crippen LogP contribution in [0.15, 0.2) is 53.0 Å². The molecule has 1 aromatic rings. The zero-order valence-corrected chi connectivity index (χ0v) is 15.4. The third kappa shape index (κ3) is 6.95. The molecule has 4 N–H and O–H groups in total. The number of rotatable bonds is 10. The second-order valence-electron chi connectivity index (χ2n) is 6.57. The second kappa shape index (κ2) is 10.7. The van der Waals surface area contributed by atoms with Gasteiger partial charge >= 0.3 is 0 Å². The van der Waals surface area contributed by atoms with Gasteiger partial charge in [-0.15, -0.1) is 0 Å². The van der Waals surface area contributed by atoms with E-state index in [1.807, 2.05) is 18.2 Å². The number of aliphatic hydroxyl groups is 3. The lowest BCUT2D eigenvalue weighted by atomic mass is 9.81. The molecule has 26 heavy (non-hydrogen) atoms. The van der Waals surface area contributed by atoms with E-state index in [1.54, 1.807) is 39.1 Å². The first kappa shape index (κ1) is 21.8. The largest absolute Gasteiger partial charge is 0.448 e. The van der Waals surface area contributed by atoms with Crippen LogP contribution in [0.2, 0.25) is 0 Å². The third-order valence-electron chi connectivity index (χ3n) is 3.93. The van der Waals surface area contributed by atoms with Gasteiger partial charge in [0.05, 0.1) is 30.4 Å². The Bertz CT molecular complexity index is 632. The first-order valence-corrected chi connectivity index (χ1v) is 8.41. The van der Waals surface area contributed by atoms with Crippen LogP contribution >= 0.6 is 0 Å². The third-order valence-corrected chi connectivity index (χ3v) is 3.93. The molecule has 0 fully saturated rings. The number of allylic oxidation sites excluding steroid dienone is 5. The molecular formula is C19H28N2O5. The second-order valence-corrected chi connectivity index (χ2v) is 6.57. The average Bonchev–Trinajstić information content (AvgIpc) is 3.14. The molecule has 0 saturated carbocycles. The molecule has 0 saturated heterocycles. The summed E-state index contributed by atoms with van der Waals surface area (Å²) in [5, 5.41) is 31.1. The van der Waals surface area contributed by atoms with Crippen molar-refractivity contribution in [3.05, 3.63) is 54.3 Å². The lowest BCUT2D eigenvalue weighted by Gasteiger charge is -2.30. The first-order chi connectivity index (χ1) is 12.3. The number of nitrogens with one attached hydrogen (secondary N) is 1. The van der Waals surface area contributed by atoms with Crippen LogP contribution in [-0.2, 0) is 11.2 Å². The molecule has 0 aliphatic rings. The minimum absolute atomic E-state index is 0.0653. The van der Waals surface area contributed by atoms with E-state index in [-0.39, 0.29) is 6.54 Å². The fourth-order valence-electron chi connectivity index (χ4n) is 2.16. The number of carbonyl (C=O) groups is 1. The summed E-state index contributed by atoms with van der Waals surface area (Å²) in [6.45, 7) is 4.49. The standard InChI is InChI=1S/C19H28N2O5/c1-14(8-6-4-5-7-9-16-11-20-13-26-16)17(24)19(2,3)18(25)21-10-15(23)12-22/h4-8,11,13,15,17,22-24H,9-10,12H2,1-3H3,(H,21,25)/b6-4-,7-5+,14-8-/t15?,17-/m1/s1. The van der Waals surface area contributed by atoms with Crippen molar-refractivity contribution >= 4 is 5.91 Å². The van der Waals surface area contributed by atoms with Crippen LogP contribution in [0.25, 0.3) is 0 Å². The average molecular weight is 364 g/mol. The number of nitrogens with zero attached hydrogens (tertiary/aromatic N) is 1. The molecule has 7 heteroatoms. The number of hydrogen-bond donors (Lipinski definition) is 4. The molecule has 0 aromatic carbocycles. The number of hydrogen-bond acceptors (Lipinski definition) is 6. The first-order valence-electron chi connectivity index (χ1n) is 8.41. The Morgan fingerprint density at radius 3 is 2.69 bits per heavy atom. The highest BCUT2D eigenvalue weighted by molar-refractivity contribution is 5.83. The predicted molar refractivity (Wildman–Crippen MR) is 98.1 cm³/mol. The van der Waals surface area contributed by atoms with Crippen LogP contribution < -0.4 is 5.32 Å². The lowest BCUT2D eigenvalue weighted by Crippen LogP contribution is -2.47. The van der Waals surface area contributed by atoms with Crippen molar-refractivity contribution < 1.29 is 24.5 Å². The molecule has 0 aliphatic heterocycles. The zero-order valence-electron chi connectivity index (χ0n) is 15.4. The molecule has 0 aliphatic carbocycles. The summed E-state index contributed by atoms with van der Waals surface area (Å²) in [5.41, 5.74) is -0.445. The van der Waals surface area contributed by atoms with Gasteiger partial charge in [0.1, 0.15) is 5.76 Å². The molecule has 0 bridgehead atoms. The molecular weight excluding hydrogens is 336 g/mol. The monoisotopic (exact) mass is 364 g/mol. The fourth-order valence-corrected chi connectivity index (χ4v) is 2.16. The molecule has 1 unspecified atom stereocenters. The minimum Gasteiger partial charge on any atom is -0.448 e. The van der Waals surface area contributed by atoms with E-state index in [2.05, 4.69) is 10.3 Å². The van der Waals surface area contributed by atoms with Crippen LogP contribution in [-0.4, -0.2) is 51.6 Å². The van der Waals surface area contributed by atoms with Gasteiger partial charge in [0.2, 0.25) is 5.91 Å². The number of amides is 1. The Morgan fingerprint density at radius 1 is 1.35 bits per heavy atom. The smallest absolute Gasteiger partial charge is 0.228 e. The molecule has 0 spiro atoms. The van der Waals surface area contributed by atoms with Crippen molar-refractivity contribution in [1.29, 1.82) is 0 Å². The van der Waals surface area contributed by atoms with Crippen molar-refractivity contribution in [2.75, 3.05) is 13.2 Å². The Kier molecular flexibility index (Phi) is 8.98. The maximum Gasteiger partial charge on any atom is 0.228 e. The van der Waals surface area contributed by atoms with Gasteiger partial charge in [-0.3, -0.25) is 4.79 Å². The number of oxazole rings is 1. The van der Waals surface area contributed by atoms with E-state index in [4.69, 9.17) is 9.52 Å². The van der Waals surface area contributed by atoms with E-state index in [1.165, 1.54) is 6.39 Å². The van der Waals surface area contributed by atoms with Crippen molar-refractivity contribution in [1.82, 2.24) is 10.3 Å². The highest BCUT2D eigenvalue weighted by atomic mass is 16.3. The maximum absolute atomic E-state index is 12.2. The van der Waals surface area contributed by atoms with Gasteiger partial charge in [0.15, 0.2) is 6.39 Å². The van der Waals surface area contributed by atoms with Gasteiger partial charge in [-0.1, -0.05) is 30.4 Å². The summed E-state index contributed by atoms with van der Waals surface area (Å²) in [6, 6.07) is 0. The van der Waals surface area contributed by atoms with E-state index in [0.717, 1.165) is 5.76 Å². The highest BCUT2D eigenvalue weighted by Gasteiger charge is 2.36. The molecule has 1 amide bonds. The van der Waals surface area contributed by atoms with E-state index >= 15 is 0 Å². The maximum atomic E-state index is 12.2. The Labute approximate surface area is 153 Å². The highest BCUT2D eigenvalue weighted by Crippen LogP contribution is 2.26. The van der Waals surface area contributed by atoms with E-state index in [0.29, 0.717) is 12.0 Å². The number of aromatic nitrogens is 1. The quantitative estimate of drug-likeness (QED) is 0.463. The van der Waals surface area contributed by atoms with Crippen LogP contribution in [0, 0.1) is 5.41 Å². The summed E-state index contributed by atoms with van der Waals surface area (Å²) < 4.78 is 5.11. The molecule has 7 nitrogen and oxygen atoms in total. The van der Waals surface area contributed by atoms with Crippen LogP contribution in [0.4, 0.5) is 0 Å². The predicted octanol–water partition coefficient (Wildman–Crippen LogP) is 1.13. The number of carbonyl (C=O) groups excluding carboxylic acids is 1. The lowest BCUT2D eigenvalue weighted by molar-refractivity contribution is -0.134. The molecule has 2 atom stereocenters. The van der Waals surface area contributed by atoms with Gasteiger partial charge in [0.25, 0.3) is 0 Å². The van der Waals surface area contributed by atoms with Gasteiger partial charge in [-0.05, 0) is 26.3 Å². The molecule has 1 rings (SSSR count). The number of aliphatic hydroxyl groups excluding tert-OH is 3. The molecule has 1 heterocycles. The summed E-state index contributed by atoms with van der Waals surface area (Å²) >= 11 is 0. The van der Waals surface area contributed by atoms with Crippen molar-refractivity contribution in [3.63, 3.8) is 0 Å². The van der Waals surface area contributed by atoms with Crippen molar-refractivity contribution in [2.45, 2.75) is 39.4 Å². The van der Waals surface area contributed by atoms with Crippen LogP contribution in [0.5, 0.6) is 0 Å². The molecule has 144 valence electrons. The van der Waals surface area contributed by atoms with Crippen molar-refractivity contribution in [3.8, 4) is 0 Å². The molecule has 0 radical (unpaired) electrons. The Balaban J connectivity index is 2.55. The topological polar surface area (TPSA) is 116 Å². The van der Waals surface area contributed by atoms with Crippen molar-refractivity contribution in [2.24, 2.45) is 5.41 Å². The van der Waals surface area contributed by atoms with E-state index < -0.39 is 30.1 Å². The van der Waals surface area contributed by atoms with Gasteiger partial charge in [0, 0.05) is 13.0 Å². The van der Waals surface area contributed by atoms with E-state index in [9.17, 15) is 15.0 Å². The van der Waals surface area contributed by atoms with Crippen LogP contribution in [0.1, 0.15) is 26.5 Å². The van der Waals surface area contributed by atoms with Gasteiger partial charge < -0.3 is 25.1 Å². The summed E-state index contributed by atoms with van der Waals surface area (Å²) in [4.78, 5) is 16.1. The summed E-state index contributed by atoms with van der Waals surface area (Å²) in [7, 11) is 0. The van der Waals surface area contributed by atoms with Gasteiger partial charge in [-0.2, -0.15) is 0 Å². The fraction of sp³-hybridized carbons (Fsp3) is 0.474. The normalized spacial score (nSPS) is 15.5.